The summed E-state index contributed by atoms with van der Waals surface area (Å²) in [6, 6.07) is 10.7. The SMILES string of the molecule is O=S(=O)(Nc1ncc(Br)nc1OCc1ccccc1)c1cc(Cl)c(Cl)s1. The van der Waals surface area contributed by atoms with Gasteiger partial charge in [-0.2, -0.15) is 0 Å². The molecule has 0 radical (unpaired) electrons. The molecular formula is C15H10BrCl2N3O3S2. The van der Waals surface area contributed by atoms with Crippen LogP contribution in [0.3, 0.4) is 0 Å². The molecule has 2 aromatic heterocycles. The summed E-state index contributed by atoms with van der Waals surface area (Å²) < 4.78 is 33.6. The standard InChI is InChI=1S/C15H10BrCl2N3O3S2/c16-11-7-19-14(15(20-11)24-8-9-4-2-1-3-5-9)21-26(22,23)12-6-10(17)13(18)25-12/h1-7H,8H2,(H,19,21). The van der Waals surface area contributed by atoms with Crippen molar-refractivity contribution in [2.45, 2.75) is 10.8 Å². The quantitative estimate of drug-likeness (QED) is 0.522. The van der Waals surface area contributed by atoms with Crippen molar-refractivity contribution < 1.29 is 13.2 Å². The van der Waals surface area contributed by atoms with Crippen LogP contribution in [-0.2, 0) is 16.6 Å². The van der Waals surface area contributed by atoms with Crippen LogP contribution in [0.5, 0.6) is 5.88 Å². The Bertz CT molecular complexity index is 1010. The van der Waals surface area contributed by atoms with Gasteiger partial charge in [-0.15, -0.1) is 11.3 Å². The molecule has 26 heavy (non-hydrogen) atoms. The van der Waals surface area contributed by atoms with Crippen molar-refractivity contribution in [2.75, 3.05) is 4.72 Å². The van der Waals surface area contributed by atoms with E-state index in [1.165, 1.54) is 12.3 Å². The van der Waals surface area contributed by atoms with Crippen LogP contribution in [0, 0.1) is 0 Å². The zero-order valence-electron chi connectivity index (χ0n) is 12.8. The minimum atomic E-state index is -3.93. The number of halogens is 3. The largest absolute Gasteiger partial charge is 0.470 e. The first-order chi connectivity index (χ1) is 12.3. The molecule has 136 valence electrons. The molecule has 11 heteroatoms. The second-order valence-electron chi connectivity index (χ2n) is 4.91. The maximum atomic E-state index is 12.5. The van der Waals surface area contributed by atoms with E-state index in [1.807, 2.05) is 30.3 Å². The van der Waals surface area contributed by atoms with Crippen molar-refractivity contribution in [2.24, 2.45) is 0 Å². The van der Waals surface area contributed by atoms with Gasteiger partial charge in [-0.1, -0.05) is 53.5 Å². The topological polar surface area (TPSA) is 81.2 Å². The number of thiophene rings is 1. The molecule has 0 unspecified atom stereocenters. The third-order valence-electron chi connectivity index (χ3n) is 3.05. The van der Waals surface area contributed by atoms with Crippen molar-refractivity contribution in [3.05, 3.63) is 62.1 Å². The molecule has 0 amide bonds. The summed E-state index contributed by atoms with van der Waals surface area (Å²) in [5.74, 6) is 0.00493. The summed E-state index contributed by atoms with van der Waals surface area (Å²) in [6.45, 7) is 0.206. The predicted octanol–water partition coefficient (Wildman–Crippen LogP) is 4.99. The van der Waals surface area contributed by atoms with Crippen molar-refractivity contribution in [1.82, 2.24) is 9.97 Å². The van der Waals surface area contributed by atoms with E-state index in [2.05, 4.69) is 30.6 Å². The predicted molar refractivity (Wildman–Crippen MR) is 106 cm³/mol. The van der Waals surface area contributed by atoms with Gasteiger partial charge in [-0.05, 0) is 27.6 Å². The number of nitrogens with one attached hydrogen (secondary N) is 1. The molecule has 0 saturated carbocycles. The van der Waals surface area contributed by atoms with Crippen LogP contribution >= 0.6 is 50.5 Å². The number of hydrogen-bond acceptors (Lipinski definition) is 6. The van der Waals surface area contributed by atoms with Crippen molar-refractivity contribution in [3.8, 4) is 5.88 Å². The lowest BCUT2D eigenvalue weighted by Gasteiger charge is -2.11. The molecule has 0 spiro atoms. The van der Waals surface area contributed by atoms with Crippen LogP contribution in [-0.4, -0.2) is 18.4 Å². The van der Waals surface area contributed by atoms with Crippen molar-refractivity contribution >= 4 is 66.3 Å². The summed E-state index contributed by atoms with van der Waals surface area (Å²) in [5, 5.41) is 0.166. The first-order valence-corrected chi connectivity index (χ1v) is 10.9. The number of nitrogens with zero attached hydrogens (tertiary/aromatic N) is 2. The van der Waals surface area contributed by atoms with E-state index in [0.717, 1.165) is 16.9 Å². The number of hydrogen-bond donors (Lipinski definition) is 1. The maximum absolute atomic E-state index is 12.5. The molecule has 0 atom stereocenters. The summed E-state index contributed by atoms with van der Waals surface area (Å²) in [7, 11) is -3.93. The van der Waals surface area contributed by atoms with Crippen LogP contribution in [0.4, 0.5) is 5.82 Å². The van der Waals surface area contributed by atoms with Gasteiger partial charge in [0.2, 0.25) is 5.82 Å². The van der Waals surface area contributed by atoms with Crippen LogP contribution < -0.4 is 9.46 Å². The minimum Gasteiger partial charge on any atom is -0.470 e. The lowest BCUT2D eigenvalue weighted by atomic mass is 10.2. The molecule has 0 fully saturated rings. The lowest BCUT2D eigenvalue weighted by Crippen LogP contribution is -2.14. The monoisotopic (exact) mass is 493 g/mol. The molecule has 1 N–H and O–H groups in total. The second-order valence-corrected chi connectivity index (χ2v) is 9.70. The Morgan fingerprint density at radius 1 is 1.23 bits per heavy atom. The van der Waals surface area contributed by atoms with E-state index in [9.17, 15) is 8.42 Å². The third kappa shape index (κ3) is 4.66. The number of benzene rings is 1. The Balaban J connectivity index is 1.85. The summed E-state index contributed by atoms with van der Waals surface area (Å²) in [5.41, 5.74) is 0.903. The molecule has 1 aromatic carbocycles. The molecule has 0 saturated heterocycles. The number of anilines is 1. The van der Waals surface area contributed by atoms with E-state index in [4.69, 9.17) is 27.9 Å². The summed E-state index contributed by atoms with van der Waals surface area (Å²) in [6.07, 6.45) is 1.36. The van der Waals surface area contributed by atoms with E-state index in [1.54, 1.807) is 0 Å². The highest BCUT2D eigenvalue weighted by Gasteiger charge is 2.22. The Morgan fingerprint density at radius 3 is 2.62 bits per heavy atom. The molecule has 0 aliphatic rings. The molecule has 3 rings (SSSR count). The van der Waals surface area contributed by atoms with Gasteiger partial charge in [0.15, 0.2) is 0 Å². The number of aromatic nitrogens is 2. The highest BCUT2D eigenvalue weighted by molar-refractivity contribution is 9.10. The normalized spacial score (nSPS) is 11.3. The van der Waals surface area contributed by atoms with Gasteiger partial charge in [0.1, 0.15) is 19.8 Å². The van der Waals surface area contributed by atoms with Gasteiger partial charge >= 0.3 is 0 Å². The molecule has 3 aromatic rings. The maximum Gasteiger partial charge on any atom is 0.272 e. The molecule has 0 bridgehead atoms. The highest BCUT2D eigenvalue weighted by Crippen LogP contribution is 2.35. The Kier molecular flexibility index (Phi) is 6.03. The smallest absolute Gasteiger partial charge is 0.272 e. The second kappa shape index (κ2) is 8.10. The van der Waals surface area contributed by atoms with Gasteiger partial charge in [-0.25, -0.2) is 18.4 Å². The summed E-state index contributed by atoms with van der Waals surface area (Å²) in [4.78, 5) is 8.19. The van der Waals surface area contributed by atoms with Gasteiger partial charge in [0.05, 0.1) is 11.2 Å². The highest BCUT2D eigenvalue weighted by atomic mass is 79.9. The van der Waals surface area contributed by atoms with Crippen LogP contribution in [0.2, 0.25) is 9.36 Å². The molecule has 0 aliphatic carbocycles. The van der Waals surface area contributed by atoms with Crippen LogP contribution in [0.15, 0.2) is 51.4 Å². The Labute approximate surface area is 172 Å². The van der Waals surface area contributed by atoms with E-state index in [-0.39, 0.29) is 31.9 Å². The first kappa shape index (κ1) is 19.4. The van der Waals surface area contributed by atoms with Crippen molar-refractivity contribution in [3.63, 3.8) is 0 Å². The molecular weight excluding hydrogens is 485 g/mol. The number of rotatable bonds is 6. The fraction of sp³-hybridized carbons (Fsp3) is 0.0667. The van der Waals surface area contributed by atoms with E-state index >= 15 is 0 Å². The van der Waals surface area contributed by atoms with Gasteiger partial charge in [0.25, 0.3) is 15.9 Å². The molecule has 0 aliphatic heterocycles. The Hall–Kier alpha value is -1.39. The average molecular weight is 495 g/mol. The zero-order chi connectivity index (χ0) is 18.7. The molecule has 6 nitrogen and oxygen atoms in total. The Morgan fingerprint density at radius 2 is 1.96 bits per heavy atom. The van der Waals surface area contributed by atoms with E-state index in [0.29, 0.717) is 4.60 Å². The molecule has 2 heterocycles. The minimum absolute atomic E-state index is 0.0359. The summed E-state index contributed by atoms with van der Waals surface area (Å²) >= 11 is 15.7. The van der Waals surface area contributed by atoms with Gasteiger partial charge in [-0.3, -0.25) is 4.72 Å². The third-order valence-corrected chi connectivity index (χ3v) is 7.11. The van der Waals surface area contributed by atoms with Crippen LogP contribution in [0.25, 0.3) is 0 Å². The first-order valence-electron chi connectivity index (χ1n) is 7.02. The number of sulfonamides is 1. The van der Waals surface area contributed by atoms with Crippen molar-refractivity contribution in [1.29, 1.82) is 0 Å². The van der Waals surface area contributed by atoms with Crippen LogP contribution in [0.1, 0.15) is 5.56 Å². The van der Waals surface area contributed by atoms with Gasteiger partial charge < -0.3 is 4.74 Å². The van der Waals surface area contributed by atoms with Gasteiger partial charge in [0, 0.05) is 0 Å². The fourth-order valence-corrected chi connectivity index (χ4v) is 5.04. The average Bonchev–Trinajstić information content (AvgIpc) is 2.96. The lowest BCUT2D eigenvalue weighted by molar-refractivity contribution is 0.294. The zero-order valence-corrected chi connectivity index (χ0v) is 17.5. The van der Waals surface area contributed by atoms with E-state index < -0.39 is 10.0 Å². The number of ether oxygens (including phenoxy) is 1. The fourth-order valence-electron chi connectivity index (χ4n) is 1.89.